The van der Waals surface area contributed by atoms with Gasteiger partial charge in [0, 0.05) is 4.88 Å². The second-order valence-corrected chi connectivity index (χ2v) is 5.33. The van der Waals surface area contributed by atoms with Crippen molar-refractivity contribution in [2.75, 3.05) is 0 Å². The Morgan fingerprint density at radius 3 is 2.79 bits per heavy atom. The molecule has 0 bridgehead atoms. The van der Waals surface area contributed by atoms with Crippen LogP contribution >= 0.6 is 11.3 Å². The number of nitrogens with zero attached hydrogens (tertiary/aromatic N) is 1. The monoisotopic (exact) mass is 283 g/mol. The van der Waals surface area contributed by atoms with E-state index in [9.17, 15) is 4.79 Å². The van der Waals surface area contributed by atoms with Crippen LogP contribution in [0.25, 0.3) is 0 Å². The van der Waals surface area contributed by atoms with Gasteiger partial charge in [-0.05, 0) is 24.3 Å². The Morgan fingerprint density at radius 2 is 2.32 bits per heavy atom. The minimum atomic E-state index is -0.566. The highest BCUT2D eigenvalue weighted by Crippen LogP contribution is 2.22. The summed E-state index contributed by atoms with van der Waals surface area (Å²) in [5, 5.41) is 16.7. The molecule has 0 saturated heterocycles. The molecule has 0 aromatic carbocycles. The van der Waals surface area contributed by atoms with Crippen molar-refractivity contribution >= 4 is 23.1 Å². The predicted molar refractivity (Wildman–Crippen MR) is 77.3 cm³/mol. The number of nitrogens with two attached hydrogens (primary N) is 1. The van der Waals surface area contributed by atoms with Crippen LogP contribution in [0.4, 0.5) is 0 Å². The summed E-state index contributed by atoms with van der Waals surface area (Å²) in [6.45, 7) is 3.98. The second-order valence-electron chi connectivity index (χ2n) is 4.35. The van der Waals surface area contributed by atoms with Crippen LogP contribution in [0.2, 0.25) is 0 Å². The average Bonchev–Trinajstić information content (AvgIpc) is 2.94. The zero-order chi connectivity index (χ0) is 14.3. The standard InChI is InChI=1S/C13H21N3O2S/c1-3-6-9(12(14)16-18)13(17)15-10(4-2)11-7-5-8-19-11/h5,7-10,18H,3-4,6H2,1-2H3,(H2,14,16)(H,15,17). The summed E-state index contributed by atoms with van der Waals surface area (Å²) in [7, 11) is 0. The predicted octanol–water partition coefficient (Wildman–Crippen LogP) is 2.48. The molecule has 1 aromatic heterocycles. The lowest BCUT2D eigenvalue weighted by atomic mass is 10.0. The smallest absolute Gasteiger partial charge is 0.231 e. The third-order valence-electron chi connectivity index (χ3n) is 2.98. The third-order valence-corrected chi connectivity index (χ3v) is 3.96. The molecule has 0 spiro atoms. The molecule has 0 aliphatic rings. The number of nitrogens with one attached hydrogen (secondary N) is 1. The molecule has 0 aliphatic heterocycles. The zero-order valence-electron chi connectivity index (χ0n) is 11.3. The molecule has 1 heterocycles. The lowest BCUT2D eigenvalue weighted by Gasteiger charge is -2.20. The molecule has 19 heavy (non-hydrogen) atoms. The number of amides is 1. The molecule has 2 atom stereocenters. The maximum Gasteiger partial charge on any atom is 0.231 e. The molecule has 0 aliphatic carbocycles. The fourth-order valence-electron chi connectivity index (χ4n) is 1.91. The summed E-state index contributed by atoms with van der Waals surface area (Å²) in [5.74, 6) is -0.776. The number of hydrogen-bond donors (Lipinski definition) is 3. The molecule has 0 fully saturated rings. The number of carbonyl (C=O) groups excluding carboxylic acids is 1. The zero-order valence-corrected chi connectivity index (χ0v) is 12.1. The SMILES string of the molecule is CCCC(C(=O)NC(CC)c1cccs1)C(N)=NO. The van der Waals surface area contributed by atoms with E-state index in [-0.39, 0.29) is 17.8 Å². The van der Waals surface area contributed by atoms with E-state index in [1.807, 2.05) is 31.4 Å². The summed E-state index contributed by atoms with van der Waals surface area (Å²) in [6, 6.07) is 3.94. The van der Waals surface area contributed by atoms with Crippen molar-refractivity contribution in [2.45, 2.75) is 39.2 Å². The number of amidine groups is 1. The molecular weight excluding hydrogens is 262 g/mol. The average molecular weight is 283 g/mol. The van der Waals surface area contributed by atoms with Gasteiger partial charge in [0.05, 0.1) is 12.0 Å². The van der Waals surface area contributed by atoms with Gasteiger partial charge < -0.3 is 16.3 Å². The van der Waals surface area contributed by atoms with Crippen LogP contribution in [0.15, 0.2) is 22.7 Å². The number of thiophene rings is 1. The van der Waals surface area contributed by atoms with E-state index in [0.717, 1.165) is 17.7 Å². The van der Waals surface area contributed by atoms with Gasteiger partial charge in [-0.25, -0.2) is 0 Å². The summed E-state index contributed by atoms with van der Waals surface area (Å²) in [6.07, 6.45) is 2.17. The first-order valence-electron chi connectivity index (χ1n) is 6.45. The van der Waals surface area contributed by atoms with Gasteiger partial charge in [-0.1, -0.05) is 31.5 Å². The lowest BCUT2D eigenvalue weighted by molar-refractivity contribution is -0.124. The van der Waals surface area contributed by atoms with Crippen molar-refractivity contribution < 1.29 is 10.0 Å². The molecule has 0 radical (unpaired) electrons. The Kier molecular flexibility index (Phi) is 6.35. The normalized spacial score (nSPS) is 14.9. The molecule has 106 valence electrons. The highest BCUT2D eigenvalue weighted by molar-refractivity contribution is 7.10. The Morgan fingerprint density at radius 1 is 1.58 bits per heavy atom. The van der Waals surface area contributed by atoms with Gasteiger partial charge in [0.25, 0.3) is 0 Å². The Labute approximate surface area is 117 Å². The topological polar surface area (TPSA) is 87.7 Å². The van der Waals surface area contributed by atoms with E-state index >= 15 is 0 Å². The van der Waals surface area contributed by atoms with Crippen LogP contribution in [0.3, 0.4) is 0 Å². The van der Waals surface area contributed by atoms with Crippen molar-refractivity contribution in [3.8, 4) is 0 Å². The van der Waals surface area contributed by atoms with Crippen LogP contribution in [0, 0.1) is 5.92 Å². The van der Waals surface area contributed by atoms with Crippen LogP contribution in [-0.2, 0) is 4.79 Å². The highest BCUT2D eigenvalue weighted by atomic mass is 32.1. The van der Waals surface area contributed by atoms with E-state index in [4.69, 9.17) is 10.9 Å². The van der Waals surface area contributed by atoms with Crippen LogP contribution in [0.1, 0.15) is 44.0 Å². The van der Waals surface area contributed by atoms with E-state index in [1.54, 1.807) is 11.3 Å². The maximum absolute atomic E-state index is 12.2. The van der Waals surface area contributed by atoms with Crippen LogP contribution < -0.4 is 11.1 Å². The minimum absolute atomic E-state index is 0.0154. The summed E-state index contributed by atoms with van der Waals surface area (Å²) >= 11 is 1.61. The van der Waals surface area contributed by atoms with Crippen molar-refractivity contribution in [2.24, 2.45) is 16.8 Å². The number of oxime groups is 1. The molecule has 1 amide bonds. The Hall–Kier alpha value is -1.56. The van der Waals surface area contributed by atoms with E-state index in [2.05, 4.69) is 10.5 Å². The molecule has 4 N–H and O–H groups in total. The fourth-order valence-corrected chi connectivity index (χ4v) is 2.77. The van der Waals surface area contributed by atoms with Gasteiger partial charge in [0.15, 0.2) is 5.84 Å². The van der Waals surface area contributed by atoms with E-state index < -0.39 is 5.92 Å². The van der Waals surface area contributed by atoms with Gasteiger partial charge in [0.2, 0.25) is 5.91 Å². The number of carbonyl (C=O) groups is 1. The van der Waals surface area contributed by atoms with Crippen LogP contribution in [-0.4, -0.2) is 17.0 Å². The quantitative estimate of drug-likeness (QED) is 0.311. The van der Waals surface area contributed by atoms with Gasteiger partial charge in [-0.15, -0.1) is 11.3 Å². The summed E-state index contributed by atoms with van der Waals surface area (Å²) < 4.78 is 0. The molecule has 2 unspecified atom stereocenters. The highest BCUT2D eigenvalue weighted by Gasteiger charge is 2.24. The number of rotatable bonds is 7. The largest absolute Gasteiger partial charge is 0.409 e. The first-order chi connectivity index (χ1) is 9.13. The molecule has 6 heteroatoms. The van der Waals surface area contributed by atoms with Gasteiger partial charge >= 0.3 is 0 Å². The van der Waals surface area contributed by atoms with E-state index in [1.165, 1.54) is 0 Å². The summed E-state index contributed by atoms with van der Waals surface area (Å²) in [4.78, 5) is 13.3. The first kappa shape index (κ1) is 15.5. The fraction of sp³-hybridized carbons (Fsp3) is 0.538. The maximum atomic E-state index is 12.2. The van der Waals surface area contributed by atoms with Gasteiger partial charge in [0.1, 0.15) is 0 Å². The first-order valence-corrected chi connectivity index (χ1v) is 7.33. The van der Waals surface area contributed by atoms with Gasteiger partial charge in [-0.2, -0.15) is 0 Å². The van der Waals surface area contributed by atoms with Crippen molar-refractivity contribution in [1.82, 2.24) is 5.32 Å². The molecule has 5 nitrogen and oxygen atoms in total. The summed E-state index contributed by atoms with van der Waals surface area (Å²) in [5.41, 5.74) is 5.58. The molecular formula is C13H21N3O2S. The van der Waals surface area contributed by atoms with Crippen LogP contribution in [0.5, 0.6) is 0 Å². The van der Waals surface area contributed by atoms with Gasteiger partial charge in [-0.3, -0.25) is 4.79 Å². The van der Waals surface area contributed by atoms with Crippen molar-refractivity contribution in [3.63, 3.8) is 0 Å². The molecule has 1 aromatic rings. The molecule has 1 rings (SSSR count). The number of hydrogen-bond acceptors (Lipinski definition) is 4. The lowest BCUT2D eigenvalue weighted by Crippen LogP contribution is -2.40. The minimum Gasteiger partial charge on any atom is -0.409 e. The van der Waals surface area contributed by atoms with Crippen molar-refractivity contribution in [3.05, 3.63) is 22.4 Å². The Balaban J connectivity index is 2.75. The third kappa shape index (κ3) is 4.24. The molecule has 0 saturated carbocycles. The van der Waals surface area contributed by atoms with E-state index in [0.29, 0.717) is 6.42 Å². The second kappa shape index (κ2) is 7.78. The Bertz CT molecular complexity index is 418. The van der Waals surface area contributed by atoms with Crippen molar-refractivity contribution in [1.29, 1.82) is 0 Å².